The Bertz CT molecular complexity index is 751. The molecule has 0 radical (unpaired) electrons. The van der Waals surface area contributed by atoms with Crippen molar-refractivity contribution in [2.45, 2.75) is 81.9 Å². The number of rotatable bonds is 14. The minimum Gasteiger partial charge on any atom is -0.465 e. The van der Waals surface area contributed by atoms with Crippen molar-refractivity contribution in [3.05, 3.63) is 0 Å². The third-order valence-electron chi connectivity index (χ3n) is 5.88. The zero-order valence-electron chi connectivity index (χ0n) is 20.1. The van der Waals surface area contributed by atoms with Gasteiger partial charge in [0.15, 0.2) is 0 Å². The fourth-order valence-corrected chi connectivity index (χ4v) is 5.56. The Balaban J connectivity index is 1.52. The molecule has 0 bridgehead atoms. The number of unbranched alkanes of at least 4 members (excludes halogenated alkanes) is 3. The first-order valence-electron chi connectivity index (χ1n) is 11.7. The second kappa shape index (κ2) is 14.0. The van der Waals surface area contributed by atoms with E-state index in [0.717, 1.165) is 51.9 Å². The van der Waals surface area contributed by atoms with E-state index in [0.29, 0.717) is 24.6 Å². The van der Waals surface area contributed by atoms with E-state index in [4.69, 9.17) is 4.74 Å². The highest BCUT2D eigenvalue weighted by molar-refractivity contribution is 8.00. The van der Waals surface area contributed by atoms with Crippen molar-refractivity contribution >= 4 is 41.5 Å². The van der Waals surface area contributed by atoms with Crippen molar-refractivity contribution in [1.82, 2.24) is 20.9 Å². The summed E-state index contributed by atoms with van der Waals surface area (Å²) in [7, 11) is 2.92. The zero-order chi connectivity index (χ0) is 25.1. The van der Waals surface area contributed by atoms with Crippen molar-refractivity contribution in [3.63, 3.8) is 0 Å². The van der Waals surface area contributed by atoms with Crippen LogP contribution >= 0.6 is 11.8 Å². The van der Waals surface area contributed by atoms with Crippen molar-refractivity contribution in [2.24, 2.45) is 0 Å². The number of hydrogen-bond donors (Lipinski definition) is 3. The van der Waals surface area contributed by atoms with Crippen LogP contribution in [0.1, 0.15) is 58.3 Å². The smallest absolute Gasteiger partial charge is 0.368 e. The minimum atomic E-state index is -1.44. The average molecular weight is 501 g/mol. The van der Waals surface area contributed by atoms with Gasteiger partial charge in [-0.15, -0.1) is 0 Å². The lowest BCUT2D eigenvalue weighted by atomic mass is 10.0. The predicted molar refractivity (Wildman–Crippen MR) is 126 cm³/mol. The molecule has 12 heteroatoms. The van der Waals surface area contributed by atoms with Gasteiger partial charge in [0.1, 0.15) is 0 Å². The van der Waals surface area contributed by atoms with Gasteiger partial charge in [0.05, 0.1) is 19.2 Å². The van der Waals surface area contributed by atoms with E-state index in [1.54, 1.807) is 11.9 Å². The molecule has 192 valence electrons. The number of nitrogens with zero attached hydrogens (tertiary/aromatic N) is 1. The van der Waals surface area contributed by atoms with Gasteiger partial charge < -0.3 is 30.3 Å². The number of amides is 4. The quantitative estimate of drug-likeness (QED) is 0.138. The summed E-state index contributed by atoms with van der Waals surface area (Å²) in [5.74, 6) is -0.921. The number of carbonyl (C=O) groups excluding carboxylic acids is 5. The molecule has 4 amide bonds. The SMILES string of the molecule is COC(=O)C(NC(=O)CCCCCN(C)C(=O)CCCCC1SCC2NC(=O)NC21)OC(C)=O. The Morgan fingerprint density at radius 1 is 1.12 bits per heavy atom. The first-order chi connectivity index (χ1) is 16.2. The van der Waals surface area contributed by atoms with Crippen molar-refractivity contribution in [2.75, 3.05) is 26.5 Å². The highest BCUT2D eigenvalue weighted by atomic mass is 32.2. The van der Waals surface area contributed by atoms with E-state index in [1.807, 2.05) is 11.8 Å². The molecule has 0 aliphatic carbocycles. The van der Waals surface area contributed by atoms with E-state index in [2.05, 4.69) is 20.7 Å². The molecule has 2 fully saturated rings. The molecule has 2 aliphatic rings. The lowest BCUT2D eigenvalue weighted by Crippen LogP contribution is -2.44. The Kier molecular flexibility index (Phi) is 11.4. The third kappa shape index (κ3) is 9.03. The van der Waals surface area contributed by atoms with Crippen LogP contribution in [0.2, 0.25) is 0 Å². The topological polar surface area (TPSA) is 143 Å². The van der Waals surface area contributed by atoms with Gasteiger partial charge in [-0.2, -0.15) is 11.8 Å². The lowest BCUT2D eigenvalue weighted by molar-refractivity contribution is -0.168. The number of methoxy groups -OCH3 is 1. The Morgan fingerprint density at radius 3 is 2.56 bits per heavy atom. The van der Waals surface area contributed by atoms with Crippen LogP contribution in [-0.2, 0) is 28.7 Å². The second-order valence-corrected chi connectivity index (χ2v) is 9.85. The molecule has 4 atom stereocenters. The first-order valence-corrected chi connectivity index (χ1v) is 12.7. The zero-order valence-corrected chi connectivity index (χ0v) is 20.9. The number of hydrogen-bond acceptors (Lipinski definition) is 8. The summed E-state index contributed by atoms with van der Waals surface area (Å²) in [4.78, 5) is 60.1. The summed E-state index contributed by atoms with van der Waals surface area (Å²) in [5.41, 5.74) is 0. The molecule has 0 aromatic carbocycles. The Labute approximate surface area is 204 Å². The van der Waals surface area contributed by atoms with Crippen molar-refractivity contribution in [3.8, 4) is 0 Å². The van der Waals surface area contributed by atoms with Gasteiger partial charge in [0.2, 0.25) is 11.8 Å². The highest BCUT2D eigenvalue weighted by Crippen LogP contribution is 2.33. The van der Waals surface area contributed by atoms with Gasteiger partial charge in [0, 0.05) is 44.4 Å². The molecule has 4 unspecified atom stereocenters. The van der Waals surface area contributed by atoms with Gasteiger partial charge >= 0.3 is 18.0 Å². The molecule has 11 nitrogen and oxygen atoms in total. The van der Waals surface area contributed by atoms with Gasteiger partial charge in [0.25, 0.3) is 6.23 Å². The molecule has 0 spiro atoms. The van der Waals surface area contributed by atoms with Crippen LogP contribution in [0.25, 0.3) is 0 Å². The summed E-state index contributed by atoms with van der Waals surface area (Å²) in [5, 5.41) is 8.66. The van der Waals surface area contributed by atoms with E-state index in [-0.39, 0.29) is 30.4 Å². The summed E-state index contributed by atoms with van der Waals surface area (Å²) in [6.45, 7) is 1.75. The van der Waals surface area contributed by atoms with Gasteiger partial charge in [-0.05, 0) is 25.7 Å². The first kappa shape index (κ1) is 27.7. The van der Waals surface area contributed by atoms with Gasteiger partial charge in [-0.1, -0.05) is 12.8 Å². The van der Waals surface area contributed by atoms with Crippen LogP contribution in [0, 0.1) is 0 Å². The lowest BCUT2D eigenvalue weighted by Gasteiger charge is -2.18. The molecule has 2 saturated heterocycles. The van der Waals surface area contributed by atoms with Crippen molar-refractivity contribution in [1.29, 1.82) is 0 Å². The second-order valence-electron chi connectivity index (χ2n) is 8.57. The Morgan fingerprint density at radius 2 is 1.85 bits per heavy atom. The molecule has 2 aliphatic heterocycles. The number of carbonyl (C=O) groups is 5. The van der Waals surface area contributed by atoms with Crippen LogP contribution in [0.3, 0.4) is 0 Å². The molecular weight excluding hydrogens is 464 g/mol. The van der Waals surface area contributed by atoms with Gasteiger partial charge in [-0.25, -0.2) is 9.59 Å². The van der Waals surface area contributed by atoms with Crippen LogP contribution in [0.15, 0.2) is 0 Å². The molecule has 34 heavy (non-hydrogen) atoms. The molecule has 2 rings (SSSR count). The molecule has 2 heterocycles. The Hall–Kier alpha value is -2.50. The predicted octanol–water partition coefficient (Wildman–Crippen LogP) is 0.909. The van der Waals surface area contributed by atoms with Gasteiger partial charge in [-0.3, -0.25) is 14.4 Å². The average Bonchev–Trinajstić information content (AvgIpc) is 3.33. The monoisotopic (exact) mass is 500 g/mol. The summed E-state index contributed by atoms with van der Waals surface area (Å²) >= 11 is 1.88. The van der Waals surface area contributed by atoms with Crippen molar-refractivity contribution < 1.29 is 33.4 Å². The van der Waals surface area contributed by atoms with E-state index < -0.39 is 24.1 Å². The molecule has 0 aromatic heterocycles. The number of esters is 2. The molecule has 3 N–H and O–H groups in total. The van der Waals surface area contributed by atoms with Crippen LogP contribution < -0.4 is 16.0 Å². The molecular formula is C22H36N4O7S. The van der Waals surface area contributed by atoms with E-state index in [9.17, 15) is 24.0 Å². The normalized spacial score (nSPS) is 21.6. The third-order valence-corrected chi connectivity index (χ3v) is 7.39. The maximum absolute atomic E-state index is 12.3. The standard InChI is InChI=1S/C22H36N4O7S/c1-14(27)33-20(21(30)32-3)24-17(28)10-5-4-8-12-26(2)18(29)11-7-6-9-16-19-15(13-34-16)23-22(31)25-19/h15-16,19-20H,4-13H2,1-3H3,(H,24,28)(H2,23,25,31). The number of thioether (sulfide) groups is 1. The van der Waals surface area contributed by atoms with E-state index in [1.165, 1.54) is 0 Å². The minimum absolute atomic E-state index is 0.0786. The molecule has 0 aromatic rings. The van der Waals surface area contributed by atoms with Crippen LogP contribution in [-0.4, -0.2) is 84.7 Å². The molecule has 0 saturated carbocycles. The number of urea groups is 1. The van der Waals surface area contributed by atoms with Crippen LogP contribution in [0.5, 0.6) is 0 Å². The summed E-state index contributed by atoms with van der Waals surface area (Å²) < 4.78 is 9.24. The fraction of sp³-hybridized carbons (Fsp3) is 0.773. The summed E-state index contributed by atoms with van der Waals surface area (Å²) in [6, 6.07) is 0.348. The van der Waals surface area contributed by atoms with E-state index >= 15 is 0 Å². The fourth-order valence-electron chi connectivity index (χ4n) is 4.02. The maximum Gasteiger partial charge on any atom is 0.368 e. The summed E-state index contributed by atoms with van der Waals surface area (Å²) in [6.07, 6.45) is 4.06. The highest BCUT2D eigenvalue weighted by Gasteiger charge is 2.42. The number of nitrogens with one attached hydrogen (secondary N) is 3. The number of fused-ring (bicyclic) bond motifs is 1. The number of ether oxygens (including phenoxy) is 2. The van der Waals surface area contributed by atoms with Crippen LogP contribution in [0.4, 0.5) is 4.79 Å². The maximum atomic E-state index is 12.3. The largest absolute Gasteiger partial charge is 0.465 e.